The Morgan fingerprint density at radius 3 is 2.55 bits per heavy atom. The van der Waals surface area contributed by atoms with Crippen LogP contribution in [0.4, 0.5) is 0 Å². The van der Waals surface area contributed by atoms with Gasteiger partial charge >= 0.3 is 0 Å². The first-order chi connectivity index (χ1) is 9.34. The van der Waals surface area contributed by atoms with Gasteiger partial charge in [0.2, 0.25) is 10.0 Å². The minimum Gasteiger partial charge on any atom is -0.508 e. The number of nitrogens with one attached hydrogen (secondary N) is 1. The summed E-state index contributed by atoms with van der Waals surface area (Å²) < 4.78 is 24.2. The van der Waals surface area contributed by atoms with Crippen LogP contribution in [0.3, 0.4) is 0 Å². The zero-order chi connectivity index (χ0) is 15.2. The van der Waals surface area contributed by atoms with Crippen LogP contribution in [0.2, 0.25) is 0 Å². The summed E-state index contributed by atoms with van der Waals surface area (Å²) in [5, 5.41) is 21.9. The zero-order valence-electron chi connectivity index (χ0n) is 11.8. The lowest BCUT2D eigenvalue weighted by molar-refractivity contribution is 0.417. The summed E-state index contributed by atoms with van der Waals surface area (Å²) in [6.45, 7) is 3.87. The van der Waals surface area contributed by atoms with Crippen LogP contribution in [0, 0.1) is 0 Å². The number of rotatable bonds is 8. The first kappa shape index (κ1) is 16.7. The van der Waals surface area contributed by atoms with Gasteiger partial charge in [-0.2, -0.15) is 0 Å². The van der Waals surface area contributed by atoms with E-state index in [9.17, 15) is 13.5 Å². The van der Waals surface area contributed by atoms with Gasteiger partial charge in [0.15, 0.2) is 0 Å². The van der Waals surface area contributed by atoms with Crippen LogP contribution in [-0.2, 0) is 16.6 Å². The molecule has 114 valence electrons. The highest BCUT2D eigenvalue weighted by atomic mass is 32.2. The molecule has 0 unspecified atom stereocenters. The van der Waals surface area contributed by atoms with E-state index in [2.05, 4.69) is 5.32 Å². The van der Waals surface area contributed by atoms with Crippen LogP contribution in [0.1, 0.15) is 18.9 Å². The Bertz CT molecular complexity index is 531. The predicted molar refractivity (Wildman–Crippen MR) is 78.2 cm³/mol. The van der Waals surface area contributed by atoms with Crippen LogP contribution >= 0.6 is 0 Å². The molecule has 0 amide bonds. The molecule has 1 aromatic rings. The summed E-state index contributed by atoms with van der Waals surface area (Å²) in [6.07, 6.45) is 1.90. The third kappa shape index (κ3) is 5.36. The third-order valence-corrected chi connectivity index (χ3v) is 4.35. The van der Waals surface area contributed by atoms with E-state index in [0.29, 0.717) is 38.2 Å². The van der Waals surface area contributed by atoms with Gasteiger partial charge in [0.05, 0.1) is 6.26 Å². The number of benzene rings is 1. The van der Waals surface area contributed by atoms with Crippen molar-refractivity contribution in [3.05, 3.63) is 23.8 Å². The second-order valence-corrected chi connectivity index (χ2v) is 6.58. The summed E-state index contributed by atoms with van der Waals surface area (Å²) in [5.41, 5.74) is 0.693. The summed E-state index contributed by atoms with van der Waals surface area (Å²) in [6, 6.07) is 4.45. The van der Waals surface area contributed by atoms with Crippen molar-refractivity contribution in [2.24, 2.45) is 0 Å². The summed E-state index contributed by atoms with van der Waals surface area (Å²) in [4.78, 5) is 0. The average Bonchev–Trinajstić information content (AvgIpc) is 2.34. The SMILES string of the molecule is CCN(CCCNCc1ccc(O)cc1O)S(C)(=O)=O. The van der Waals surface area contributed by atoms with E-state index in [4.69, 9.17) is 5.11 Å². The molecule has 0 atom stereocenters. The molecule has 3 N–H and O–H groups in total. The van der Waals surface area contributed by atoms with Crippen LogP contribution in [0.5, 0.6) is 11.5 Å². The lowest BCUT2D eigenvalue weighted by atomic mass is 10.2. The molecule has 0 heterocycles. The smallest absolute Gasteiger partial charge is 0.211 e. The van der Waals surface area contributed by atoms with Crippen molar-refractivity contribution >= 4 is 10.0 Å². The molecule has 20 heavy (non-hydrogen) atoms. The number of aromatic hydroxyl groups is 2. The minimum absolute atomic E-state index is 0.0259. The van der Waals surface area contributed by atoms with E-state index >= 15 is 0 Å². The Morgan fingerprint density at radius 1 is 1.30 bits per heavy atom. The van der Waals surface area contributed by atoms with Crippen molar-refractivity contribution in [3.8, 4) is 11.5 Å². The third-order valence-electron chi connectivity index (χ3n) is 2.97. The second kappa shape index (κ2) is 7.47. The fourth-order valence-corrected chi connectivity index (χ4v) is 2.79. The quantitative estimate of drug-likeness (QED) is 0.620. The van der Waals surface area contributed by atoms with Crippen molar-refractivity contribution in [1.29, 1.82) is 0 Å². The number of sulfonamides is 1. The standard InChI is InChI=1S/C13H22N2O4S/c1-3-15(20(2,18)19)8-4-7-14-10-11-5-6-12(16)9-13(11)17/h5-6,9,14,16-17H,3-4,7-8,10H2,1-2H3. The van der Waals surface area contributed by atoms with E-state index in [1.54, 1.807) is 6.07 Å². The van der Waals surface area contributed by atoms with Crippen LogP contribution in [0.15, 0.2) is 18.2 Å². The van der Waals surface area contributed by atoms with Crippen LogP contribution in [-0.4, -0.2) is 48.8 Å². The number of hydrogen-bond acceptors (Lipinski definition) is 5. The molecule has 0 saturated heterocycles. The second-order valence-electron chi connectivity index (χ2n) is 4.60. The Morgan fingerprint density at radius 2 is 2.00 bits per heavy atom. The summed E-state index contributed by atoms with van der Waals surface area (Å²) >= 11 is 0. The molecule has 6 nitrogen and oxygen atoms in total. The molecule has 0 fully saturated rings. The van der Waals surface area contributed by atoms with Gasteiger partial charge in [-0.25, -0.2) is 12.7 Å². The van der Waals surface area contributed by atoms with Crippen LogP contribution in [0.25, 0.3) is 0 Å². The number of phenolic OH excluding ortho intramolecular Hbond substituents is 2. The van der Waals surface area contributed by atoms with E-state index in [1.807, 2.05) is 6.92 Å². The Balaban J connectivity index is 2.32. The average molecular weight is 302 g/mol. The Labute approximate surface area is 120 Å². The number of nitrogens with zero attached hydrogens (tertiary/aromatic N) is 1. The van der Waals surface area contributed by atoms with Gasteiger partial charge in [0.1, 0.15) is 11.5 Å². The maximum atomic E-state index is 11.4. The lowest BCUT2D eigenvalue weighted by Crippen LogP contribution is -2.32. The molecule has 0 aromatic heterocycles. The normalized spacial score (nSPS) is 11.9. The first-order valence-corrected chi connectivity index (χ1v) is 8.36. The predicted octanol–water partition coefficient (Wildman–Crippen LogP) is 0.859. The van der Waals surface area contributed by atoms with Crippen LogP contribution < -0.4 is 5.32 Å². The van der Waals surface area contributed by atoms with Gasteiger partial charge in [-0.1, -0.05) is 13.0 Å². The van der Waals surface area contributed by atoms with Gasteiger partial charge in [0.25, 0.3) is 0 Å². The molecule has 1 rings (SSSR count). The maximum absolute atomic E-state index is 11.4. The molecular formula is C13H22N2O4S. The Kier molecular flexibility index (Phi) is 6.25. The Hall–Kier alpha value is -1.31. The topological polar surface area (TPSA) is 89.9 Å². The lowest BCUT2D eigenvalue weighted by Gasteiger charge is -2.17. The number of hydrogen-bond donors (Lipinski definition) is 3. The van der Waals surface area contributed by atoms with E-state index in [1.165, 1.54) is 22.7 Å². The molecule has 0 aliphatic heterocycles. The van der Waals surface area contributed by atoms with Crippen molar-refractivity contribution in [1.82, 2.24) is 9.62 Å². The molecular weight excluding hydrogens is 280 g/mol. The molecule has 0 aliphatic carbocycles. The first-order valence-electron chi connectivity index (χ1n) is 6.51. The van der Waals surface area contributed by atoms with Crippen molar-refractivity contribution in [2.45, 2.75) is 19.9 Å². The van der Waals surface area contributed by atoms with E-state index in [0.717, 1.165) is 0 Å². The fourth-order valence-electron chi connectivity index (χ4n) is 1.86. The molecule has 7 heteroatoms. The molecule has 0 radical (unpaired) electrons. The van der Waals surface area contributed by atoms with Gasteiger partial charge < -0.3 is 15.5 Å². The van der Waals surface area contributed by atoms with Crippen molar-refractivity contribution in [3.63, 3.8) is 0 Å². The van der Waals surface area contributed by atoms with E-state index < -0.39 is 10.0 Å². The maximum Gasteiger partial charge on any atom is 0.211 e. The molecule has 0 saturated carbocycles. The monoisotopic (exact) mass is 302 g/mol. The van der Waals surface area contributed by atoms with Gasteiger partial charge in [-0.3, -0.25) is 0 Å². The zero-order valence-corrected chi connectivity index (χ0v) is 12.7. The van der Waals surface area contributed by atoms with Gasteiger partial charge in [-0.05, 0) is 19.0 Å². The summed E-state index contributed by atoms with van der Waals surface area (Å²) in [5.74, 6) is 0.0711. The molecule has 0 bridgehead atoms. The largest absolute Gasteiger partial charge is 0.508 e. The van der Waals surface area contributed by atoms with Crippen molar-refractivity contribution in [2.75, 3.05) is 25.9 Å². The van der Waals surface area contributed by atoms with E-state index in [-0.39, 0.29) is 11.5 Å². The molecule has 0 aliphatic rings. The minimum atomic E-state index is -3.13. The molecule has 0 spiro atoms. The summed E-state index contributed by atoms with van der Waals surface area (Å²) in [7, 11) is -3.13. The highest BCUT2D eigenvalue weighted by Crippen LogP contribution is 2.22. The highest BCUT2D eigenvalue weighted by Gasteiger charge is 2.12. The van der Waals surface area contributed by atoms with Crippen molar-refractivity contribution < 1.29 is 18.6 Å². The van der Waals surface area contributed by atoms with Gasteiger partial charge in [-0.15, -0.1) is 0 Å². The number of phenols is 2. The fraction of sp³-hybridized carbons (Fsp3) is 0.538. The van der Waals surface area contributed by atoms with Gasteiger partial charge in [0, 0.05) is 31.3 Å². The highest BCUT2D eigenvalue weighted by molar-refractivity contribution is 7.88. The molecule has 1 aromatic carbocycles.